The normalized spacial score (nSPS) is 14.3. The molecule has 4 nitrogen and oxygen atoms in total. The van der Waals surface area contributed by atoms with Crippen LogP contribution < -0.4 is 5.32 Å². The summed E-state index contributed by atoms with van der Waals surface area (Å²) in [5.41, 5.74) is 2.39. The predicted molar refractivity (Wildman–Crippen MR) is 149 cm³/mol. The van der Waals surface area contributed by atoms with Crippen molar-refractivity contribution in [3.63, 3.8) is 0 Å². The van der Waals surface area contributed by atoms with Gasteiger partial charge in [0.15, 0.2) is 0 Å². The van der Waals surface area contributed by atoms with Crippen molar-refractivity contribution in [1.82, 2.24) is 10.2 Å². The number of hydrogen-bond acceptors (Lipinski definition) is 3. The minimum atomic E-state index is -0.677. The molecular weight excluding hydrogens is 507 g/mol. The Hall–Kier alpha value is -2.83. The van der Waals surface area contributed by atoms with E-state index in [2.05, 4.69) is 5.32 Å². The van der Waals surface area contributed by atoms with Crippen LogP contribution in [0.25, 0.3) is 0 Å². The van der Waals surface area contributed by atoms with Crippen LogP contribution in [0, 0.1) is 5.82 Å². The molecule has 0 saturated heterocycles. The van der Waals surface area contributed by atoms with Gasteiger partial charge in [0.1, 0.15) is 11.9 Å². The summed E-state index contributed by atoms with van der Waals surface area (Å²) in [6.45, 7) is 0.259. The van der Waals surface area contributed by atoms with Crippen LogP contribution >= 0.6 is 23.4 Å². The van der Waals surface area contributed by atoms with E-state index < -0.39 is 6.04 Å². The summed E-state index contributed by atoms with van der Waals surface area (Å²) in [6, 6.07) is 23.2. The molecule has 2 amide bonds. The van der Waals surface area contributed by atoms with Crippen LogP contribution in [0.5, 0.6) is 0 Å². The van der Waals surface area contributed by atoms with Gasteiger partial charge in [-0.05, 0) is 47.7 Å². The van der Waals surface area contributed by atoms with E-state index in [9.17, 15) is 14.0 Å². The summed E-state index contributed by atoms with van der Waals surface area (Å²) in [7, 11) is 0. The lowest BCUT2D eigenvalue weighted by atomic mass is 10.0. The van der Waals surface area contributed by atoms with Crippen molar-refractivity contribution in [3.05, 3.63) is 106 Å². The Morgan fingerprint density at radius 2 is 1.68 bits per heavy atom. The molecule has 3 aromatic carbocycles. The van der Waals surface area contributed by atoms with Gasteiger partial charge < -0.3 is 10.2 Å². The van der Waals surface area contributed by atoms with Gasteiger partial charge in [-0.1, -0.05) is 85.1 Å². The molecule has 1 fully saturated rings. The van der Waals surface area contributed by atoms with Crippen molar-refractivity contribution in [2.75, 3.05) is 5.75 Å². The molecule has 0 aromatic heterocycles. The molecule has 37 heavy (non-hydrogen) atoms. The fourth-order valence-corrected chi connectivity index (χ4v) is 5.81. The summed E-state index contributed by atoms with van der Waals surface area (Å²) < 4.78 is 14.1. The summed E-state index contributed by atoms with van der Waals surface area (Å²) in [4.78, 5) is 29.0. The minimum Gasteiger partial charge on any atom is -0.352 e. The number of carbonyl (C=O) groups excluding carboxylic acids is 2. The molecule has 0 heterocycles. The Bertz CT molecular complexity index is 1190. The number of hydrogen-bond donors (Lipinski definition) is 1. The molecule has 194 valence electrons. The maximum Gasteiger partial charge on any atom is 0.243 e. The molecule has 3 aromatic rings. The molecule has 1 N–H and O–H groups in total. The number of halogens is 2. The van der Waals surface area contributed by atoms with Crippen molar-refractivity contribution in [3.8, 4) is 0 Å². The zero-order valence-corrected chi connectivity index (χ0v) is 22.3. The van der Waals surface area contributed by atoms with E-state index in [0.29, 0.717) is 22.8 Å². The minimum absolute atomic E-state index is 0.134. The first-order chi connectivity index (χ1) is 18.0. The van der Waals surface area contributed by atoms with Crippen LogP contribution in [0.15, 0.2) is 78.9 Å². The first-order valence-electron chi connectivity index (χ1n) is 12.7. The van der Waals surface area contributed by atoms with Crippen molar-refractivity contribution in [1.29, 1.82) is 0 Å². The highest BCUT2D eigenvalue weighted by molar-refractivity contribution is 7.99. The molecule has 0 radical (unpaired) electrons. The maximum atomic E-state index is 14.1. The average Bonchev–Trinajstić information content (AvgIpc) is 3.41. The van der Waals surface area contributed by atoms with Crippen LogP contribution in [0.4, 0.5) is 4.39 Å². The lowest BCUT2D eigenvalue weighted by molar-refractivity contribution is -0.139. The van der Waals surface area contributed by atoms with E-state index >= 15 is 0 Å². The van der Waals surface area contributed by atoms with Gasteiger partial charge in [0.2, 0.25) is 11.8 Å². The van der Waals surface area contributed by atoms with E-state index in [-0.39, 0.29) is 36.0 Å². The number of benzene rings is 3. The third-order valence-corrected chi connectivity index (χ3v) is 7.86. The highest BCUT2D eigenvalue weighted by Crippen LogP contribution is 2.22. The van der Waals surface area contributed by atoms with E-state index in [1.807, 2.05) is 48.5 Å². The molecule has 0 bridgehead atoms. The molecule has 0 spiro atoms. The van der Waals surface area contributed by atoms with Crippen LogP contribution in [0.1, 0.15) is 42.4 Å². The Morgan fingerprint density at radius 1 is 0.973 bits per heavy atom. The SMILES string of the molecule is O=C(NC1CCCC1)C(Cc1ccccc1)N(Cc1cccc(Cl)c1)C(=O)CSCc1ccccc1F. The van der Waals surface area contributed by atoms with Gasteiger partial charge in [0.25, 0.3) is 0 Å². The van der Waals surface area contributed by atoms with Crippen LogP contribution in [-0.4, -0.2) is 34.6 Å². The standard InChI is InChI=1S/C30H32ClFN2O2S/c31-25-13-8-11-23(17-25)19-34(29(35)21-37-20-24-12-4-7-16-27(24)32)28(18-22-9-2-1-3-10-22)30(36)33-26-14-5-6-15-26/h1-4,7-13,16-17,26,28H,5-6,14-15,18-21H2,(H,33,36). The average molecular weight is 539 g/mol. The van der Waals surface area contributed by atoms with Crippen LogP contribution in [0.3, 0.4) is 0 Å². The number of rotatable bonds is 11. The molecule has 4 rings (SSSR count). The van der Waals surface area contributed by atoms with E-state index in [4.69, 9.17) is 11.6 Å². The molecule has 7 heteroatoms. The molecular formula is C30H32ClFN2O2S. The predicted octanol–water partition coefficient (Wildman–Crippen LogP) is 6.41. The van der Waals surface area contributed by atoms with Gasteiger partial charge in [-0.2, -0.15) is 0 Å². The Balaban J connectivity index is 1.57. The molecule has 1 atom stereocenters. The van der Waals surface area contributed by atoms with Crippen molar-refractivity contribution >= 4 is 35.2 Å². The molecule has 1 aliphatic carbocycles. The summed E-state index contributed by atoms with van der Waals surface area (Å²) in [6.07, 6.45) is 4.54. The topological polar surface area (TPSA) is 49.4 Å². The van der Waals surface area contributed by atoms with Crippen molar-refractivity contribution in [2.24, 2.45) is 0 Å². The molecule has 1 unspecified atom stereocenters. The second kappa shape index (κ2) is 13.6. The quantitative estimate of drug-likeness (QED) is 0.307. The largest absolute Gasteiger partial charge is 0.352 e. The third-order valence-electron chi connectivity index (χ3n) is 6.66. The van der Waals surface area contributed by atoms with Crippen LogP contribution in [-0.2, 0) is 28.3 Å². The van der Waals surface area contributed by atoms with Gasteiger partial charge >= 0.3 is 0 Å². The molecule has 1 aliphatic rings. The Morgan fingerprint density at radius 3 is 2.41 bits per heavy atom. The van der Waals surface area contributed by atoms with Gasteiger partial charge in [-0.3, -0.25) is 9.59 Å². The fourth-order valence-electron chi connectivity index (χ4n) is 4.70. The van der Waals surface area contributed by atoms with Gasteiger partial charge in [0, 0.05) is 29.8 Å². The number of thioether (sulfide) groups is 1. The lowest BCUT2D eigenvalue weighted by Crippen LogP contribution is -2.52. The van der Waals surface area contributed by atoms with Crippen molar-refractivity contribution < 1.29 is 14.0 Å². The van der Waals surface area contributed by atoms with Crippen molar-refractivity contribution in [2.45, 2.75) is 56.5 Å². The van der Waals surface area contributed by atoms with E-state index in [0.717, 1.165) is 36.8 Å². The first-order valence-corrected chi connectivity index (χ1v) is 14.2. The zero-order chi connectivity index (χ0) is 26.0. The van der Waals surface area contributed by atoms with E-state index in [1.165, 1.54) is 17.8 Å². The number of carbonyl (C=O) groups is 2. The summed E-state index contributed by atoms with van der Waals surface area (Å²) in [5.74, 6) is -0.0667. The number of nitrogens with zero attached hydrogens (tertiary/aromatic N) is 1. The Kier molecular flexibility index (Phi) is 10.0. The van der Waals surface area contributed by atoms with Gasteiger partial charge in [0.05, 0.1) is 5.75 Å². The van der Waals surface area contributed by atoms with Gasteiger partial charge in [-0.15, -0.1) is 11.8 Å². The molecule has 0 aliphatic heterocycles. The van der Waals surface area contributed by atoms with Crippen LogP contribution in [0.2, 0.25) is 5.02 Å². The molecule has 1 saturated carbocycles. The van der Waals surface area contributed by atoms with E-state index in [1.54, 1.807) is 29.2 Å². The lowest BCUT2D eigenvalue weighted by Gasteiger charge is -2.32. The monoisotopic (exact) mass is 538 g/mol. The zero-order valence-electron chi connectivity index (χ0n) is 20.7. The van der Waals surface area contributed by atoms with Gasteiger partial charge in [-0.25, -0.2) is 4.39 Å². The number of nitrogens with one attached hydrogen (secondary N) is 1. The highest BCUT2D eigenvalue weighted by atomic mass is 35.5. The fraction of sp³-hybridized carbons (Fsp3) is 0.333. The second-order valence-electron chi connectivity index (χ2n) is 9.43. The third kappa shape index (κ3) is 8.08. The maximum absolute atomic E-state index is 14.1. The smallest absolute Gasteiger partial charge is 0.243 e. The Labute approximate surface area is 227 Å². The summed E-state index contributed by atoms with van der Waals surface area (Å²) >= 11 is 7.59. The highest BCUT2D eigenvalue weighted by Gasteiger charge is 2.32. The second-order valence-corrected chi connectivity index (χ2v) is 10.9. The first kappa shape index (κ1) is 27.2. The summed E-state index contributed by atoms with van der Waals surface area (Å²) in [5, 5.41) is 3.78. The number of amides is 2.